The summed E-state index contributed by atoms with van der Waals surface area (Å²) >= 11 is 5.83. The van der Waals surface area contributed by atoms with Gasteiger partial charge in [0.05, 0.1) is 5.02 Å². The third-order valence-corrected chi connectivity index (χ3v) is 5.44. The lowest BCUT2D eigenvalue weighted by Gasteiger charge is -2.17. The van der Waals surface area contributed by atoms with Crippen LogP contribution in [0.3, 0.4) is 0 Å². The lowest BCUT2D eigenvalue weighted by atomic mass is 10.1. The van der Waals surface area contributed by atoms with Crippen molar-refractivity contribution in [3.63, 3.8) is 0 Å². The second-order valence-electron chi connectivity index (χ2n) is 4.33. The molecule has 1 unspecified atom stereocenters. The molecule has 1 fully saturated rings. The maximum absolute atomic E-state index is 13.1. The molecule has 0 spiro atoms. The van der Waals surface area contributed by atoms with Gasteiger partial charge in [0.1, 0.15) is 10.7 Å². The first-order valence-electron chi connectivity index (χ1n) is 5.60. The zero-order valence-electron chi connectivity index (χ0n) is 9.64. The summed E-state index contributed by atoms with van der Waals surface area (Å²) < 4.78 is 39.1. The Bertz CT molecular complexity index is 550. The van der Waals surface area contributed by atoms with Crippen LogP contribution in [-0.4, -0.2) is 32.4 Å². The van der Waals surface area contributed by atoms with Crippen molar-refractivity contribution >= 4 is 21.6 Å². The average molecular weight is 293 g/mol. The van der Waals surface area contributed by atoms with Crippen LogP contribution in [0.5, 0.6) is 0 Å². The van der Waals surface area contributed by atoms with Crippen LogP contribution >= 0.6 is 11.6 Å². The van der Waals surface area contributed by atoms with E-state index in [1.807, 2.05) is 0 Å². The van der Waals surface area contributed by atoms with Crippen molar-refractivity contribution in [1.82, 2.24) is 4.31 Å². The topological polar surface area (TPSA) is 63.4 Å². The Kier molecular flexibility index (Phi) is 3.91. The van der Waals surface area contributed by atoms with E-state index in [-0.39, 0.29) is 15.8 Å². The zero-order valence-corrected chi connectivity index (χ0v) is 11.2. The minimum absolute atomic E-state index is 0.0348. The van der Waals surface area contributed by atoms with Crippen molar-refractivity contribution in [2.24, 2.45) is 11.7 Å². The van der Waals surface area contributed by atoms with Gasteiger partial charge in [-0.2, -0.15) is 4.31 Å². The van der Waals surface area contributed by atoms with E-state index >= 15 is 0 Å². The molecule has 0 aromatic heterocycles. The Hall–Kier alpha value is -0.690. The number of nitrogens with two attached hydrogens (primary N) is 1. The summed E-state index contributed by atoms with van der Waals surface area (Å²) in [5.41, 5.74) is 5.52. The minimum atomic E-state index is -3.73. The number of benzene rings is 1. The van der Waals surface area contributed by atoms with Gasteiger partial charge in [-0.1, -0.05) is 11.6 Å². The maximum Gasteiger partial charge on any atom is 0.244 e. The summed E-state index contributed by atoms with van der Waals surface area (Å²) in [6.45, 7) is 1.21. The largest absolute Gasteiger partial charge is 0.330 e. The monoisotopic (exact) mass is 292 g/mol. The normalized spacial score (nSPS) is 21.4. The summed E-state index contributed by atoms with van der Waals surface area (Å²) in [5.74, 6) is -0.459. The van der Waals surface area contributed by atoms with Gasteiger partial charge in [-0.15, -0.1) is 0 Å². The van der Waals surface area contributed by atoms with E-state index in [1.54, 1.807) is 0 Å². The molecule has 0 bridgehead atoms. The molecule has 1 aliphatic heterocycles. The lowest BCUT2D eigenvalue weighted by molar-refractivity contribution is 0.458. The molecule has 2 N–H and O–H groups in total. The molecule has 1 heterocycles. The third kappa shape index (κ3) is 2.51. The minimum Gasteiger partial charge on any atom is -0.330 e. The molecule has 0 amide bonds. The van der Waals surface area contributed by atoms with Crippen LogP contribution in [0.1, 0.15) is 6.42 Å². The summed E-state index contributed by atoms with van der Waals surface area (Å²) in [4.78, 5) is -0.179. The van der Waals surface area contributed by atoms with Gasteiger partial charge in [0.2, 0.25) is 10.0 Å². The molecule has 1 atom stereocenters. The smallest absolute Gasteiger partial charge is 0.244 e. The van der Waals surface area contributed by atoms with Crippen molar-refractivity contribution in [1.29, 1.82) is 0 Å². The molecular formula is C11H14ClFN2O2S. The molecule has 4 nitrogen and oxygen atoms in total. The second-order valence-corrected chi connectivity index (χ2v) is 6.64. The fourth-order valence-corrected chi connectivity index (χ4v) is 4.04. The summed E-state index contributed by atoms with van der Waals surface area (Å²) in [6, 6.07) is 3.34. The SMILES string of the molecule is NCC1CCN(S(=O)(=O)c2cc(F)ccc2Cl)C1. The molecule has 100 valence electrons. The van der Waals surface area contributed by atoms with E-state index in [9.17, 15) is 12.8 Å². The molecular weight excluding hydrogens is 279 g/mol. The molecule has 0 radical (unpaired) electrons. The van der Waals surface area contributed by atoms with E-state index in [4.69, 9.17) is 17.3 Å². The van der Waals surface area contributed by atoms with Gasteiger partial charge in [0, 0.05) is 13.1 Å². The number of hydrogen-bond acceptors (Lipinski definition) is 3. The van der Waals surface area contributed by atoms with Gasteiger partial charge in [-0.05, 0) is 37.1 Å². The fourth-order valence-electron chi connectivity index (χ4n) is 2.02. The lowest BCUT2D eigenvalue weighted by Crippen LogP contribution is -2.30. The van der Waals surface area contributed by atoms with Crippen molar-refractivity contribution < 1.29 is 12.8 Å². The zero-order chi connectivity index (χ0) is 13.3. The molecule has 18 heavy (non-hydrogen) atoms. The molecule has 7 heteroatoms. The molecule has 1 aromatic carbocycles. The van der Waals surface area contributed by atoms with Gasteiger partial charge in [-0.3, -0.25) is 0 Å². The Labute approximate surface area is 111 Å². The number of sulfonamides is 1. The highest BCUT2D eigenvalue weighted by molar-refractivity contribution is 7.89. The molecule has 0 aliphatic carbocycles. The first-order chi connectivity index (χ1) is 8.45. The maximum atomic E-state index is 13.1. The number of rotatable bonds is 3. The quantitative estimate of drug-likeness (QED) is 0.917. The third-order valence-electron chi connectivity index (χ3n) is 3.09. The Morgan fingerprint density at radius 2 is 2.22 bits per heavy atom. The van der Waals surface area contributed by atoms with E-state index in [2.05, 4.69) is 0 Å². The second kappa shape index (κ2) is 5.13. The Morgan fingerprint density at radius 1 is 1.50 bits per heavy atom. The van der Waals surface area contributed by atoms with Crippen LogP contribution in [0.15, 0.2) is 23.1 Å². The summed E-state index contributed by atoms with van der Waals surface area (Å²) in [5, 5.41) is 0.0348. The van der Waals surface area contributed by atoms with Crippen LogP contribution in [0.4, 0.5) is 4.39 Å². The Morgan fingerprint density at radius 3 is 2.83 bits per heavy atom. The van der Waals surface area contributed by atoms with E-state index in [0.717, 1.165) is 18.6 Å². The molecule has 1 aromatic rings. The highest BCUT2D eigenvalue weighted by Gasteiger charge is 2.33. The van der Waals surface area contributed by atoms with Gasteiger partial charge in [0.25, 0.3) is 0 Å². The molecule has 1 aliphatic rings. The number of hydrogen-bond donors (Lipinski definition) is 1. The van der Waals surface area contributed by atoms with Gasteiger partial charge in [-0.25, -0.2) is 12.8 Å². The van der Waals surface area contributed by atoms with Crippen LogP contribution < -0.4 is 5.73 Å². The first kappa shape index (κ1) is 13.7. The van der Waals surface area contributed by atoms with Crippen LogP contribution in [0.2, 0.25) is 5.02 Å². The van der Waals surface area contributed by atoms with Gasteiger partial charge >= 0.3 is 0 Å². The van der Waals surface area contributed by atoms with E-state index in [0.29, 0.717) is 19.6 Å². The van der Waals surface area contributed by atoms with Crippen molar-refractivity contribution in [2.45, 2.75) is 11.3 Å². The first-order valence-corrected chi connectivity index (χ1v) is 7.42. The van der Waals surface area contributed by atoms with Gasteiger partial charge < -0.3 is 5.73 Å². The highest BCUT2D eigenvalue weighted by Crippen LogP contribution is 2.29. The predicted molar refractivity (Wildman–Crippen MR) is 67.3 cm³/mol. The van der Waals surface area contributed by atoms with E-state index < -0.39 is 15.8 Å². The van der Waals surface area contributed by atoms with Crippen LogP contribution in [-0.2, 0) is 10.0 Å². The fraction of sp³-hybridized carbons (Fsp3) is 0.455. The predicted octanol–water partition coefficient (Wildman–Crippen LogP) is 1.45. The number of halogens is 2. The summed E-state index contributed by atoms with van der Waals surface area (Å²) in [6.07, 6.45) is 0.725. The van der Waals surface area contributed by atoms with Crippen LogP contribution in [0, 0.1) is 11.7 Å². The van der Waals surface area contributed by atoms with Crippen molar-refractivity contribution in [3.8, 4) is 0 Å². The molecule has 2 rings (SSSR count). The Balaban J connectivity index is 2.34. The molecule has 1 saturated heterocycles. The molecule has 0 saturated carbocycles. The average Bonchev–Trinajstić information content (AvgIpc) is 2.81. The van der Waals surface area contributed by atoms with E-state index in [1.165, 1.54) is 10.4 Å². The van der Waals surface area contributed by atoms with Crippen molar-refractivity contribution in [3.05, 3.63) is 29.0 Å². The highest BCUT2D eigenvalue weighted by atomic mass is 35.5. The number of nitrogens with zero attached hydrogens (tertiary/aromatic N) is 1. The summed E-state index contributed by atoms with van der Waals surface area (Å²) in [7, 11) is -3.73. The standard InChI is InChI=1S/C11H14ClFN2O2S/c12-10-2-1-9(13)5-11(10)18(16,17)15-4-3-8(6-14)7-15/h1-2,5,8H,3-4,6-7,14H2. The van der Waals surface area contributed by atoms with Crippen molar-refractivity contribution in [2.75, 3.05) is 19.6 Å². The van der Waals surface area contributed by atoms with Gasteiger partial charge in [0.15, 0.2) is 0 Å². The van der Waals surface area contributed by atoms with Crippen LogP contribution in [0.25, 0.3) is 0 Å².